The normalized spacial score (nSPS) is 25.5. The second kappa shape index (κ2) is 6.44. The Labute approximate surface area is 121 Å². The van der Waals surface area contributed by atoms with Crippen molar-refractivity contribution < 1.29 is 0 Å². The molecular weight excluding hydrogens is 246 g/mol. The number of nitriles is 2. The first-order valence-electron chi connectivity index (χ1n) is 7.32. The van der Waals surface area contributed by atoms with Crippen LogP contribution in [0.25, 0.3) is 0 Å². The number of nitrogens with zero attached hydrogens (tertiary/aromatic N) is 3. The van der Waals surface area contributed by atoms with E-state index in [2.05, 4.69) is 24.0 Å². The van der Waals surface area contributed by atoms with Gasteiger partial charge in [0.1, 0.15) is 6.07 Å². The number of anilines is 1. The third-order valence-corrected chi connectivity index (χ3v) is 4.57. The molecule has 1 aromatic carbocycles. The highest BCUT2D eigenvalue weighted by Gasteiger charge is 2.33. The minimum absolute atomic E-state index is 0.0644. The second-order valence-electron chi connectivity index (χ2n) is 5.63. The summed E-state index contributed by atoms with van der Waals surface area (Å²) in [5, 5.41) is 18.6. The maximum absolute atomic E-state index is 9.40. The van der Waals surface area contributed by atoms with Crippen molar-refractivity contribution in [3.8, 4) is 12.1 Å². The molecule has 1 fully saturated rings. The first kappa shape index (κ1) is 14.4. The van der Waals surface area contributed by atoms with Gasteiger partial charge in [0.25, 0.3) is 0 Å². The molecule has 2 rings (SSSR count). The van der Waals surface area contributed by atoms with Gasteiger partial charge in [-0.3, -0.25) is 0 Å². The number of hydrogen-bond acceptors (Lipinski definition) is 3. The van der Waals surface area contributed by atoms with Gasteiger partial charge in [0, 0.05) is 13.1 Å². The number of hydrogen-bond donors (Lipinski definition) is 0. The Balaban J connectivity index is 2.28. The molecule has 20 heavy (non-hydrogen) atoms. The minimum atomic E-state index is 0.0644. The lowest BCUT2D eigenvalue weighted by molar-refractivity contribution is 0.265. The number of para-hydroxylation sites is 1. The van der Waals surface area contributed by atoms with Crippen LogP contribution in [0.4, 0.5) is 5.69 Å². The Bertz CT molecular complexity index is 538. The summed E-state index contributed by atoms with van der Waals surface area (Å²) in [7, 11) is 2.02. The van der Waals surface area contributed by atoms with Gasteiger partial charge in [0.05, 0.1) is 23.2 Å². The zero-order valence-electron chi connectivity index (χ0n) is 12.2. The summed E-state index contributed by atoms with van der Waals surface area (Å²) in [6, 6.07) is 12.6. The smallest absolute Gasteiger partial charge is 0.101 e. The highest BCUT2D eigenvalue weighted by atomic mass is 15.1. The standard InChI is InChI=1S/C17H21N3/c1-3-13-8-9-15(12-19)17(10-13)20(2)16-7-5-4-6-14(16)11-18/h4-7,13,15,17H,3,8-10H2,1-2H3. The molecule has 0 heterocycles. The molecule has 1 aromatic rings. The third kappa shape index (κ3) is 2.78. The van der Waals surface area contributed by atoms with Crippen LogP contribution in [0.15, 0.2) is 24.3 Å². The molecule has 1 aliphatic carbocycles. The molecule has 0 saturated heterocycles. The van der Waals surface area contributed by atoms with Crippen molar-refractivity contribution in [2.24, 2.45) is 11.8 Å². The Morgan fingerprint density at radius 3 is 2.65 bits per heavy atom. The van der Waals surface area contributed by atoms with E-state index in [9.17, 15) is 10.5 Å². The Morgan fingerprint density at radius 1 is 1.25 bits per heavy atom. The lowest BCUT2D eigenvalue weighted by Gasteiger charge is -2.39. The lowest BCUT2D eigenvalue weighted by Crippen LogP contribution is -2.42. The van der Waals surface area contributed by atoms with E-state index < -0.39 is 0 Å². The second-order valence-corrected chi connectivity index (χ2v) is 5.63. The summed E-state index contributed by atoms with van der Waals surface area (Å²) in [6.07, 6.45) is 4.34. The SMILES string of the molecule is CCC1CCC(C#N)C(N(C)c2ccccc2C#N)C1. The fourth-order valence-electron chi connectivity index (χ4n) is 3.24. The zero-order valence-corrected chi connectivity index (χ0v) is 12.2. The summed E-state index contributed by atoms with van der Waals surface area (Å²) in [5.74, 6) is 0.760. The van der Waals surface area contributed by atoms with Gasteiger partial charge in [-0.05, 0) is 37.3 Å². The van der Waals surface area contributed by atoms with Crippen molar-refractivity contribution in [3.63, 3.8) is 0 Å². The summed E-state index contributed by atoms with van der Waals surface area (Å²) >= 11 is 0. The lowest BCUT2D eigenvalue weighted by atomic mass is 9.77. The van der Waals surface area contributed by atoms with Gasteiger partial charge in [-0.15, -0.1) is 0 Å². The molecule has 0 aliphatic heterocycles. The first-order valence-corrected chi connectivity index (χ1v) is 7.32. The fraction of sp³-hybridized carbons (Fsp3) is 0.529. The quantitative estimate of drug-likeness (QED) is 0.838. The molecule has 0 radical (unpaired) electrons. The van der Waals surface area contributed by atoms with Crippen LogP contribution in [0.2, 0.25) is 0 Å². The number of rotatable bonds is 3. The molecule has 3 heteroatoms. The van der Waals surface area contributed by atoms with Crippen LogP contribution < -0.4 is 4.90 Å². The van der Waals surface area contributed by atoms with Gasteiger partial charge in [-0.1, -0.05) is 25.5 Å². The van der Waals surface area contributed by atoms with Crippen LogP contribution in [-0.2, 0) is 0 Å². The molecule has 0 aromatic heterocycles. The minimum Gasteiger partial charge on any atom is -0.369 e. The van der Waals surface area contributed by atoms with Crippen LogP contribution in [0.5, 0.6) is 0 Å². The Kier molecular flexibility index (Phi) is 4.64. The van der Waals surface area contributed by atoms with Crippen molar-refractivity contribution in [2.45, 2.75) is 38.6 Å². The molecule has 0 spiro atoms. The van der Waals surface area contributed by atoms with Crippen molar-refractivity contribution in [3.05, 3.63) is 29.8 Å². The molecule has 3 atom stereocenters. The van der Waals surface area contributed by atoms with E-state index in [4.69, 9.17) is 0 Å². The molecule has 0 bridgehead atoms. The van der Waals surface area contributed by atoms with Crippen LogP contribution >= 0.6 is 0 Å². The van der Waals surface area contributed by atoms with Crippen LogP contribution in [0, 0.1) is 34.5 Å². The highest BCUT2D eigenvalue weighted by molar-refractivity contribution is 5.59. The van der Waals surface area contributed by atoms with E-state index in [0.717, 1.165) is 24.9 Å². The van der Waals surface area contributed by atoms with Gasteiger partial charge in [-0.25, -0.2) is 0 Å². The van der Waals surface area contributed by atoms with Gasteiger partial charge in [-0.2, -0.15) is 10.5 Å². The van der Waals surface area contributed by atoms with Gasteiger partial charge in [0.2, 0.25) is 0 Å². The van der Waals surface area contributed by atoms with Crippen molar-refractivity contribution in [1.82, 2.24) is 0 Å². The van der Waals surface area contributed by atoms with Crippen LogP contribution in [0.3, 0.4) is 0 Å². The van der Waals surface area contributed by atoms with E-state index in [1.54, 1.807) is 0 Å². The van der Waals surface area contributed by atoms with Gasteiger partial charge in [0.15, 0.2) is 0 Å². The Morgan fingerprint density at radius 2 is 2.00 bits per heavy atom. The zero-order chi connectivity index (χ0) is 14.5. The largest absolute Gasteiger partial charge is 0.369 e. The van der Waals surface area contributed by atoms with E-state index in [0.29, 0.717) is 11.5 Å². The monoisotopic (exact) mass is 267 g/mol. The fourth-order valence-corrected chi connectivity index (χ4v) is 3.24. The van der Waals surface area contributed by atoms with Crippen LogP contribution in [-0.4, -0.2) is 13.1 Å². The predicted molar refractivity (Wildman–Crippen MR) is 80.1 cm³/mol. The molecule has 104 valence electrons. The van der Waals surface area contributed by atoms with Gasteiger partial charge >= 0.3 is 0 Å². The summed E-state index contributed by atoms with van der Waals surface area (Å²) in [6.45, 7) is 2.22. The first-order chi connectivity index (χ1) is 9.71. The topological polar surface area (TPSA) is 50.8 Å². The van der Waals surface area contributed by atoms with Crippen molar-refractivity contribution in [1.29, 1.82) is 10.5 Å². The van der Waals surface area contributed by atoms with E-state index >= 15 is 0 Å². The van der Waals surface area contributed by atoms with Gasteiger partial charge < -0.3 is 4.90 Å². The van der Waals surface area contributed by atoms with E-state index in [1.165, 1.54) is 6.42 Å². The predicted octanol–water partition coefficient (Wildman–Crippen LogP) is 3.71. The molecule has 3 unspecified atom stereocenters. The van der Waals surface area contributed by atoms with Crippen LogP contribution in [0.1, 0.15) is 38.2 Å². The maximum Gasteiger partial charge on any atom is 0.101 e. The molecule has 0 amide bonds. The highest BCUT2D eigenvalue weighted by Crippen LogP contribution is 2.35. The average Bonchev–Trinajstić information content (AvgIpc) is 2.53. The molecular formula is C17H21N3. The Hall–Kier alpha value is -2.00. The maximum atomic E-state index is 9.40. The summed E-state index contributed by atoms with van der Waals surface area (Å²) in [5.41, 5.74) is 1.63. The summed E-state index contributed by atoms with van der Waals surface area (Å²) in [4.78, 5) is 2.15. The van der Waals surface area contributed by atoms with E-state index in [1.807, 2.05) is 31.3 Å². The molecule has 1 aliphatic rings. The summed E-state index contributed by atoms with van der Waals surface area (Å²) < 4.78 is 0. The van der Waals surface area contributed by atoms with Crippen molar-refractivity contribution >= 4 is 5.69 Å². The third-order valence-electron chi connectivity index (χ3n) is 4.57. The van der Waals surface area contributed by atoms with E-state index in [-0.39, 0.29) is 12.0 Å². The average molecular weight is 267 g/mol. The molecule has 3 nitrogen and oxygen atoms in total. The number of benzene rings is 1. The molecule has 1 saturated carbocycles. The molecule has 0 N–H and O–H groups in total. The van der Waals surface area contributed by atoms with Crippen molar-refractivity contribution in [2.75, 3.05) is 11.9 Å².